The molecule has 0 radical (unpaired) electrons. The van der Waals surface area contributed by atoms with E-state index in [1.165, 1.54) is 0 Å². The Labute approximate surface area is 111 Å². The van der Waals surface area contributed by atoms with Gasteiger partial charge in [0.25, 0.3) is 0 Å². The van der Waals surface area contributed by atoms with E-state index in [9.17, 15) is 5.11 Å². The number of fused-ring (bicyclic) bond motifs is 2. The van der Waals surface area contributed by atoms with Crippen LogP contribution in [0.3, 0.4) is 0 Å². The van der Waals surface area contributed by atoms with Crippen LogP contribution in [0, 0.1) is 0 Å². The van der Waals surface area contributed by atoms with Crippen LogP contribution in [0.4, 0.5) is 0 Å². The summed E-state index contributed by atoms with van der Waals surface area (Å²) < 4.78 is 11.2. The second kappa shape index (κ2) is 5.03. The highest BCUT2D eigenvalue weighted by atomic mass is 16.6. The van der Waals surface area contributed by atoms with E-state index in [0.717, 1.165) is 28.0 Å². The van der Waals surface area contributed by atoms with E-state index in [0.29, 0.717) is 19.8 Å². The van der Waals surface area contributed by atoms with Gasteiger partial charge in [-0.3, -0.25) is 4.98 Å². The summed E-state index contributed by atoms with van der Waals surface area (Å²) >= 11 is 0. The normalized spacial score (nSPS) is 15.5. The van der Waals surface area contributed by atoms with E-state index in [-0.39, 0.29) is 12.5 Å². The number of aromatic nitrogens is 1. The molecule has 0 amide bonds. The second-order valence-electron chi connectivity index (χ2n) is 4.53. The molecule has 0 saturated carbocycles. The summed E-state index contributed by atoms with van der Waals surface area (Å²) in [7, 11) is 0. The average Bonchev–Trinajstić information content (AvgIpc) is 2.46. The second-order valence-corrected chi connectivity index (χ2v) is 4.53. The maximum atomic E-state index is 9.40. The predicted octanol–water partition coefficient (Wildman–Crippen LogP) is 1.04. The summed E-state index contributed by atoms with van der Waals surface area (Å²) in [5, 5.41) is 11.4. The Morgan fingerprint density at radius 3 is 2.68 bits per heavy atom. The Morgan fingerprint density at radius 1 is 1.26 bits per heavy atom. The first-order valence-electron chi connectivity index (χ1n) is 6.32. The van der Waals surface area contributed by atoms with Gasteiger partial charge < -0.3 is 20.3 Å². The maximum absolute atomic E-state index is 9.40. The molecule has 0 bridgehead atoms. The van der Waals surface area contributed by atoms with Crippen molar-refractivity contribution in [2.45, 2.75) is 5.92 Å². The fourth-order valence-corrected chi connectivity index (χ4v) is 2.33. The molecule has 100 valence electrons. The van der Waals surface area contributed by atoms with E-state index >= 15 is 0 Å². The van der Waals surface area contributed by atoms with Crippen LogP contribution in [0.5, 0.6) is 11.5 Å². The van der Waals surface area contributed by atoms with Crippen LogP contribution in [0.15, 0.2) is 24.4 Å². The van der Waals surface area contributed by atoms with E-state index in [1.54, 1.807) is 6.20 Å². The monoisotopic (exact) mass is 260 g/mol. The van der Waals surface area contributed by atoms with E-state index in [4.69, 9.17) is 15.2 Å². The molecular weight excluding hydrogens is 244 g/mol. The fourth-order valence-electron chi connectivity index (χ4n) is 2.33. The Morgan fingerprint density at radius 2 is 2.00 bits per heavy atom. The van der Waals surface area contributed by atoms with Crippen molar-refractivity contribution in [1.29, 1.82) is 0 Å². The van der Waals surface area contributed by atoms with Crippen LogP contribution >= 0.6 is 0 Å². The summed E-state index contributed by atoms with van der Waals surface area (Å²) in [6.07, 6.45) is 1.73. The number of nitrogens with two attached hydrogens (primary N) is 1. The number of rotatable bonds is 3. The lowest BCUT2D eigenvalue weighted by Gasteiger charge is -2.20. The van der Waals surface area contributed by atoms with Gasteiger partial charge in [0, 0.05) is 24.0 Å². The number of ether oxygens (including phenoxy) is 2. The first kappa shape index (κ1) is 12.2. The third kappa shape index (κ3) is 2.11. The van der Waals surface area contributed by atoms with Crippen LogP contribution < -0.4 is 15.2 Å². The summed E-state index contributed by atoms with van der Waals surface area (Å²) in [6.45, 7) is 1.46. The Bertz CT molecular complexity index is 597. The molecule has 2 heterocycles. The third-order valence-corrected chi connectivity index (χ3v) is 3.35. The standard InChI is InChI=1S/C14H16N2O3/c15-7-10(8-17)14-11-6-13-12(18-3-4-19-13)5-9(11)1-2-16-14/h1-2,5-6,10,17H,3-4,7-8,15H2. The lowest BCUT2D eigenvalue weighted by atomic mass is 9.99. The minimum atomic E-state index is -0.161. The van der Waals surface area contributed by atoms with Crippen LogP contribution in [-0.2, 0) is 0 Å². The lowest BCUT2D eigenvalue weighted by molar-refractivity contribution is 0.172. The van der Waals surface area contributed by atoms with Crippen molar-refractivity contribution in [3.63, 3.8) is 0 Å². The maximum Gasteiger partial charge on any atom is 0.162 e. The molecule has 1 atom stereocenters. The molecule has 1 aliphatic heterocycles. The van der Waals surface area contributed by atoms with Gasteiger partial charge in [-0.15, -0.1) is 0 Å². The number of aliphatic hydroxyl groups excluding tert-OH is 1. The molecule has 1 aliphatic rings. The Kier molecular flexibility index (Phi) is 3.23. The zero-order valence-corrected chi connectivity index (χ0v) is 10.5. The molecule has 1 aromatic heterocycles. The van der Waals surface area contributed by atoms with Gasteiger partial charge in [-0.1, -0.05) is 0 Å². The number of hydrogen-bond donors (Lipinski definition) is 2. The number of aliphatic hydroxyl groups is 1. The van der Waals surface area contributed by atoms with Crippen LogP contribution in [0.25, 0.3) is 10.8 Å². The van der Waals surface area contributed by atoms with Crippen LogP contribution in [0.1, 0.15) is 11.6 Å². The summed E-state index contributed by atoms with van der Waals surface area (Å²) in [4.78, 5) is 4.36. The fraction of sp³-hybridized carbons (Fsp3) is 0.357. The van der Waals surface area contributed by atoms with Gasteiger partial charge in [-0.25, -0.2) is 0 Å². The molecule has 2 aromatic rings. The minimum Gasteiger partial charge on any atom is -0.486 e. The van der Waals surface area contributed by atoms with Crippen molar-refractivity contribution in [2.75, 3.05) is 26.4 Å². The Balaban J connectivity index is 2.18. The largest absolute Gasteiger partial charge is 0.486 e. The molecule has 3 N–H and O–H groups in total. The van der Waals surface area contributed by atoms with E-state index < -0.39 is 0 Å². The molecule has 0 spiro atoms. The van der Waals surface area contributed by atoms with Gasteiger partial charge in [-0.05, 0) is 23.6 Å². The van der Waals surface area contributed by atoms with Crippen molar-refractivity contribution in [1.82, 2.24) is 4.98 Å². The number of hydrogen-bond acceptors (Lipinski definition) is 5. The highest BCUT2D eigenvalue weighted by Gasteiger charge is 2.18. The predicted molar refractivity (Wildman–Crippen MR) is 71.6 cm³/mol. The summed E-state index contributed by atoms with van der Waals surface area (Å²) in [5.41, 5.74) is 6.49. The highest BCUT2D eigenvalue weighted by Crippen LogP contribution is 2.36. The van der Waals surface area contributed by atoms with Crippen molar-refractivity contribution < 1.29 is 14.6 Å². The molecule has 1 unspecified atom stereocenters. The first-order valence-corrected chi connectivity index (χ1v) is 6.32. The van der Waals surface area contributed by atoms with E-state index in [2.05, 4.69) is 4.98 Å². The minimum absolute atomic E-state index is 0.0168. The molecule has 3 rings (SSSR count). The quantitative estimate of drug-likeness (QED) is 0.862. The molecule has 5 heteroatoms. The number of nitrogens with zero attached hydrogens (tertiary/aromatic N) is 1. The molecule has 1 aromatic carbocycles. The van der Waals surface area contributed by atoms with Gasteiger partial charge >= 0.3 is 0 Å². The van der Waals surface area contributed by atoms with Crippen molar-refractivity contribution in [3.8, 4) is 11.5 Å². The van der Waals surface area contributed by atoms with Gasteiger partial charge in [0.05, 0.1) is 12.3 Å². The summed E-state index contributed by atoms with van der Waals surface area (Å²) in [5.74, 6) is 1.32. The van der Waals surface area contributed by atoms with Gasteiger partial charge in [0.1, 0.15) is 13.2 Å². The van der Waals surface area contributed by atoms with E-state index in [1.807, 2.05) is 18.2 Å². The third-order valence-electron chi connectivity index (χ3n) is 3.35. The van der Waals surface area contributed by atoms with Crippen molar-refractivity contribution >= 4 is 10.8 Å². The molecule has 5 nitrogen and oxygen atoms in total. The average molecular weight is 260 g/mol. The van der Waals surface area contributed by atoms with Crippen LogP contribution in [0.2, 0.25) is 0 Å². The zero-order valence-electron chi connectivity index (χ0n) is 10.5. The molecule has 0 fully saturated rings. The lowest BCUT2D eigenvalue weighted by Crippen LogP contribution is -2.18. The van der Waals surface area contributed by atoms with Gasteiger partial charge in [0.15, 0.2) is 11.5 Å². The highest BCUT2D eigenvalue weighted by molar-refractivity contribution is 5.88. The number of benzene rings is 1. The van der Waals surface area contributed by atoms with Crippen molar-refractivity contribution in [2.24, 2.45) is 5.73 Å². The molecular formula is C14H16N2O3. The van der Waals surface area contributed by atoms with Crippen molar-refractivity contribution in [3.05, 3.63) is 30.1 Å². The number of pyridine rings is 1. The molecule has 0 aliphatic carbocycles. The Hall–Kier alpha value is -1.85. The first-order chi connectivity index (χ1) is 9.33. The van der Waals surface area contributed by atoms with Gasteiger partial charge in [0.2, 0.25) is 0 Å². The van der Waals surface area contributed by atoms with Gasteiger partial charge in [-0.2, -0.15) is 0 Å². The zero-order chi connectivity index (χ0) is 13.2. The summed E-state index contributed by atoms with van der Waals surface area (Å²) in [6, 6.07) is 5.78. The molecule has 19 heavy (non-hydrogen) atoms. The van der Waals surface area contributed by atoms with Crippen LogP contribution in [-0.4, -0.2) is 36.5 Å². The smallest absolute Gasteiger partial charge is 0.162 e. The molecule has 0 saturated heterocycles. The topological polar surface area (TPSA) is 77.6 Å². The SMILES string of the molecule is NCC(CO)c1nccc2cc3c(cc12)OCCO3.